The summed E-state index contributed by atoms with van der Waals surface area (Å²) in [5, 5.41) is 8.16. The topological polar surface area (TPSA) is 41.1 Å². The first-order chi connectivity index (χ1) is 6.33. The van der Waals surface area contributed by atoms with Crippen molar-refractivity contribution in [3.8, 4) is 0 Å². The monoisotopic (exact) mass is 218 g/mol. The van der Waals surface area contributed by atoms with E-state index in [4.69, 9.17) is 11.6 Å². The predicted molar refractivity (Wildman–Crippen MR) is 56.7 cm³/mol. The number of thiophene rings is 1. The Labute approximate surface area is 86.1 Å². The van der Waals surface area contributed by atoms with E-state index in [1.54, 1.807) is 0 Å². The van der Waals surface area contributed by atoms with E-state index in [-0.39, 0.29) is 6.03 Å². The van der Waals surface area contributed by atoms with Gasteiger partial charge < -0.3 is 5.32 Å². The molecule has 0 aliphatic heterocycles. The molecule has 0 radical (unpaired) electrons. The Hall–Kier alpha value is -0.740. The number of carbonyl (C=O) groups excluding carboxylic acids is 1. The maximum atomic E-state index is 11.1. The lowest BCUT2D eigenvalue weighted by Gasteiger charge is -2.03. The fourth-order valence-corrected chi connectivity index (χ4v) is 1.52. The normalized spacial score (nSPS) is 9.62. The maximum absolute atomic E-state index is 11.1. The number of amides is 2. The summed E-state index contributed by atoms with van der Waals surface area (Å²) < 4.78 is 0. The molecule has 13 heavy (non-hydrogen) atoms. The van der Waals surface area contributed by atoms with Crippen LogP contribution in [0, 0.1) is 0 Å². The van der Waals surface area contributed by atoms with Crippen LogP contribution in [0.4, 0.5) is 9.80 Å². The molecule has 2 N–H and O–H groups in total. The molecular weight excluding hydrogens is 208 g/mol. The molecule has 2 amide bonds. The SMILES string of the molecule is O=C(NCCCCl)Nc1cccs1. The Bertz CT molecular complexity index is 251. The minimum absolute atomic E-state index is 0.174. The van der Waals surface area contributed by atoms with Crippen molar-refractivity contribution in [1.29, 1.82) is 0 Å². The zero-order valence-corrected chi connectivity index (χ0v) is 8.62. The molecule has 0 aliphatic rings. The van der Waals surface area contributed by atoms with Crippen LogP contribution in [0.2, 0.25) is 0 Å². The molecule has 0 unspecified atom stereocenters. The number of hydrogen-bond donors (Lipinski definition) is 2. The number of urea groups is 1. The zero-order valence-electron chi connectivity index (χ0n) is 7.05. The standard InChI is InChI=1S/C8H11ClN2OS/c9-4-2-5-10-8(12)11-7-3-1-6-13-7/h1,3,6H,2,4-5H2,(H2,10,11,12). The van der Waals surface area contributed by atoms with Gasteiger partial charge in [0, 0.05) is 12.4 Å². The van der Waals surface area contributed by atoms with E-state index in [2.05, 4.69) is 10.6 Å². The minimum Gasteiger partial charge on any atom is -0.338 e. The van der Waals surface area contributed by atoms with Crippen LogP contribution in [0.15, 0.2) is 17.5 Å². The van der Waals surface area contributed by atoms with Crippen molar-refractivity contribution in [2.75, 3.05) is 17.7 Å². The molecule has 1 heterocycles. The lowest BCUT2D eigenvalue weighted by atomic mass is 10.5. The van der Waals surface area contributed by atoms with Crippen molar-refractivity contribution in [2.24, 2.45) is 0 Å². The van der Waals surface area contributed by atoms with Crippen LogP contribution >= 0.6 is 22.9 Å². The van der Waals surface area contributed by atoms with E-state index in [0.717, 1.165) is 11.4 Å². The average Bonchev–Trinajstić information content (AvgIpc) is 2.57. The first kappa shape index (κ1) is 10.3. The molecule has 0 spiro atoms. The van der Waals surface area contributed by atoms with Gasteiger partial charge >= 0.3 is 6.03 Å². The highest BCUT2D eigenvalue weighted by Crippen LogP contribution is 2.14. The molecule has 0 aromatic carbocycles. The van der Waals surface area contributed by atoms with Crippen molar-refractivity contribution in [3.05, 3.63) is 17.5 Å². The third-order valence-corrected chi connectivity index (χ3v) is 2.41. The lowest BCUT2D eigenvalue weighted by Crippen LogP contribution is -2.29. The van der Waals surface area contributed by atoms with E-state index < -0.39 is 0 Å². The zero-order chi connectivity index (χ0) is 9.52. The number of nitrogens with one attached hydrogen (secondary N) is 2. The summed E-state index contributed by atoms with van der Waals surface area (Å²) in [6.45, 7) is 0.612. The second-order valence-electron chi connectivity index (χ2n) is 2.40. The highest BCUT2D eigenvalue weighted by molar-refractivity contribution is 7.14. The molecule has 0 atom stereocenters. The van der Waals surface area contributed by atoms with Gasteiger partial charge in [-0.25, -0.2) is 4.79 Å². The fourth-order valence-electron chi connectivity index (χ4n) is 0.775. The second-order valence-corrected chi connectivity index (χ2v) is 3.73. The Balaban J connectivity index is 2.18. The molecule has 0 bridgehead atoms. The average molecular weight is 219 g/mol. The van der Waals surface area contributed by atoms with E-state index in [1.807, 2.05) is 17.5 Å². The van der Waals surface area contributed by atoms with E-state index >= 15 is 0 Å². The van der Waals surface area contributed by atoms with Gasteiger partial charge in [-0.15, -0.1) is 22.9 Å². The van der Waals surface area contributed by atoms with Crippen LogP contribution in [0.5, 0.6) is 0 Å². The van der Waals surface area contributed by atoms with Gasteiger partial charge in [0.2, 0.25) is 0 Å². The molecule has 72 valence electrons. The van der Waals surface area contributed by atoms with Crippen LogP contribution in [-0.2, 0) is 0 Å². The van der Waals surface area contributed by atoms with Crippen molar-refractivity contribution in [3.63, 3.8) is 0 Å². The smallest absolute Gasteiger partial charge is 0.319 e. The van der Waals surface area contributed by atoms with Gasteiger partial charge in [0.05, 0.1) is 5.00 Å². The summed E-state index contributed by atoms with van der Waals surface area (Å²) in [6, 6.07) is 3.57. The highest BCUT2D eigenvalue weighted by atomic mass is 35.5. The molecule has 1 aromatic heterocycles. The number of halogens is 1. The van der Waals surface area contributed by atoms with Crippen molar-refractivity contribution in [1.82, 2.24) is 5.32 Å². The largest absolute Gasteiger partial charge is 0.338 e. The van der Waals surface area contributed by atoms with Gasteiger partial charge in [0.1, 0.15) is 0 Å². The third kappa shape index (κ3) is 4.15. The summed E-state index contributed by atoms with van der Waals surface area (Å²) in [5.74, 6) is 0.569. The maximum Gasteiger partial charge on any atom is 0.319 e. The summed E-state index contributed by atoms with van der Waals surface area (Å²) >= 11 is 6.95. The summed E-state index contributed by atoms with van der Waals surface area (Å²) in [7, 11) is 0. The molecule has 0 fully saturated rings. The molecule has 1 aromatic rings. The highest BCUT2D eigenvalue weighted by Gasteiger charge is 1.99. The first-order valence-electron chi connectivity index (χ1n) is 3.97. The number of carbonyl (C=O) groups is 1. The van der Waals surface area contributed by atoms with Crippen molar-refractivity contribution < 1.29 is 4.79 Å². The fraction of sp³-hybridized carbons (Fsp3) is 0.375. The molecule has 3 nitrogen and oxygen atoms in total. The first-order valence-corrected chi connectivity index (χ1v) is 5.38. The second kappa shape index (κ2) is 5.83. The van der Waals surface area contributed by atoms with E-state index in [1.165, 1.54) is 11.3 Å². The number of hydrogen-bond acceptors (Lipinski definition) is 2. The van der Waals surface area contributed by atoms with E-state index in [0.29, 0.717) is 12.4 Å². The summed E-state index contributed by atoms with van der Waals surface area (Å²) in [5.41, 5.74) is 0. The molecule has 0 saturated carbocycles. The molecule has 5 heteroatoms. The minimum atomic E-state index is -0.174. The number of anilines is 1. The predicted octanol–water partition coefficient (Wildman–Crippen LogP) is 2.50. The van der Waals surface area contributed by atoms with Crippen LogP contribution in [0.1, 0.15) is 6.42 Å². The number of alkyl halides is 1. The Kier molecular flexibility index (Phi) is 4.64. The Morgan fingerprint density at radius 3 is 3.08 bits per heavy atom. The summed E-state index contributed by atoms with van der Waals surface area (Å²) in [6.07, 6.45) is 0.791. The third-order valence-electron chi connectivity index (χ3n) is 1.35. The van der Waals surface area contributed by atoms with Gasteiger partial charge in [-0.3, -0.25) is 5.32 Å². The van der Waals surface area contributed by atoms with Gasteiger partial charge in [-0.2, -0.15) is 0 Å². The quantitative estimate of drug-likeness (QED) is 0.592. The molecule has 0 saturated heterocycles. The molecule has 0 aliphatic carbocycles. The molecule has 1 rings (SSSR count). The Morgan fingerprint density at radius 1 is 1.62 bits per heavy atom. The molecular formula is C8H11ClN2OS. The number of rotatable bonds is 4. The Morgan fingerprint density at radius 2 is 2.46 bits per heavy atom. The van der Waals surface area contributed by atoms with Gasteiger partial charge in [-0.05, 0) is 23.9 Å². The van der Waals surface area contributed by atoms with Crippen LogP contribution in [0.3, 0.4) is 0 Å². The van der Waals surface area contributed by atoms with E-state index in [9.17, 15) is 4.79 Å². The van der Waals surface area contributed by atoms with Gasteiger partial charge in [0.15, 0.2) is 0 Å². The van der Waals surface area contributed by atoms with Gasteiger partial charge in [-0.1, -0.05) is 0 Å². The van der Waals surface area contributed by atoms with Gasteiger partial charge in [0.25, 0.3) is 0 Å². The van der Waals surface area contributed by atoms with Crippen molar-refractivity contribution >= 4 is 34.0 Å². The van der Waals surface area contributed by atoms with Crippen molar-refractivity contribution in [2.45, 2.75) is 6.42 Å². The van der Waals surface area contributed by atoms with Crippen LogP contribution in [0.25, 0.3) is 0 Å². The van der Waals surface area contributed by atoms with Crippen LogP contribution < -0.4 is 10.6 Å². The lowest BCUT2D eigenvalue weighted by molar-refractivity contribution is 0.252. The summed E-state index contributed by atoms with van der Waals surface area (Å²) in [4.78, 5) is 11.1. The van der Waals surface area contributed by atoms with Crippen LogP contribution in [-0.4, -0.2) is 18.5 Å².